The summed E-state index contributed by atoms with van der Waals surface area (Å²) in [6.45, 7) is 1.18. The molecule has 10 heteroatoms. The Hall–Kier alpha value is -4.70. The lowest BCUT2D eigenvalue weighted by molar-refractivity contribution is -0.119. The molecule has 0 aliphatic carbocycles. The molecule has 40 heavy (non-hydrogen) atoms. The van der Waals surface area contributed by atoms with E-state index < -0.39 is 11.9 Å². The van der Waals surface area contributed by atoms with Crippen LogP contribution < -0.4 is 19.7 Å². The summed E-state index contributed by atoms with van der Waals surface area (Å²) >= 11 is 0. The van der Waals surface area contributed by atoms with Crippen LogP contribution in [0.1, 0.15) is 27.4 Å². The largest absolute Gasteiger partial charge is 0.486 e. The number of hydrogen-bond donors (Lipinski definition) is 1. The highest BCUT2D eigenvalue weighted by molar-refractivity contribution is 6.24. The fourth-order valence-corrected chi connectivity index (χ4v) is 4.69. The van der Waals surface area contributed by atoms with Crippen LogP contribution in [0.3, 0.4) is 0 Å². The van der Waals surface area contributed by atoms with Gasteiger partial charge in [-0.3, -0.25) is 14.6 Å². The molecule has 3 aromatic carbocycles. The Kier molecular flexibility index (Phi) is 7.52. The zero-order valence-electron chi connectivity index (χ0n) is 22.8. The Morgan fingerprint density at radius 1 is 0.950 bits per heavy atom. The maximum Gasteiger partial charge on any atom is 0.337 e. The molecule has 5 rings (SSSR count). The first-order valence-corrected chi connectivity index (χ1v) is 12.8. The van der Waals surface area contributed by atoms with Gasteiger partial charge in [-0.15, -0.1) is 0 Å². The van der Waals surface area contributed by atoms with Gasteiger partial charge in [0.25, 0.3) is 0 Å². The van der Waals surface area contributed by atoms with Gasteiger partial charge in [0.15, 0.2) is 11.5 Å². The van der Waals surface area contributed by atoms with E-state index >= 15 is 0 Å². The third kappa shape index (κ3) is 5.39. The molecule has 2 heterocycles. The van der Waals surface area contributed by atoms with Crippen molar-refractivity contribution in [1.29, 1.82) is 0 Å². The van der Waals surface area contributed by atoms with E-state index in [0.717, 1.165) is 5.69 Å². The van der Waals surface area contributed by atoms with Gasteiger partial charge in [-0.25, -0.2) is 4.79 Å². The Labute approximate surface area is 232 Å². The molecule has 10 nitrogen and oxygen atoms in total. The van der Waals surface area contributed by atoms with Crippen molar-refractivity contribution in [1.82, 2.24) is 4.90 Å². The molecular weight excluding hydrogens is 512 g/mol. The van der Waals surface area contributed by atoms with Gasteiger partial charge in [0.1, 0.15) is 19.1 Å². The number of fused-ring (bicyclic) bond motifs is 2. The zero-order valence-corrected chi connectivity index (χ0v) is 22.8. The number of amides is 2. The second-order valence-electron chi connectivity index (χ2n) is 9.78. The number of carbonyl (C=O) groups is 3. The SMILES string of the molecule is COC(=O)c1ccc2c(c1)NC(=O)C2C(=Nc1ccc(N(C)C(=O)CN(C)C)cc1)c1ccc2c(c1)OCCO2. The monoisotopic (exact) mass is 542 g/mol. The number of rotatable bonds is 7. The van der Waals surface area contributed by atoms with Crippen molar-refractivity contribution in [3.8, 4) is 11.5 Å². The van der Waals surface area contributed by atoms with Crippen molar-refractivity contribution < 1.29 is 28.6 Å². The molecule has 2 aliphatic heterocycles. The van der Waals surface area contributed by atoms with E-state index in [1.165, 1.54) is 7.11 Å². The Morgan fingerprint density at radius 2 is 1.65 bits per heavy atom. The lowest BCUT2D eigenvalue weighted by atomic mass is 9.90. The number of benzene rings is 3. The molecule has 1 N–H and O–H groups in total. The number of methoxy groups -OCH3 is 1. The van der Waals surface area contributed by atoms with Gasteiger partial charge in [0.05, 0.1) is 30.6 Å². The number of esters is 1. The summed E-state index contributed by atoms with van der Waals surface area (Å²) in [5, 5.41) is 2.89. The number of nitrogens with one attached hydrogen (secondary N) is 1. The lowest BCUT2D eigenvalue weighted by Crippen LogP contribution is -2.34. The van der Waals surface area contributed by atoms with Crippen molar-refractivity contribution in [2.75, 3.05) is 58.2 Å². The number of anilines is 2. The fourth-order valence-electron chi connectivity index (χ4n) is 4.69. The standard InChI is InChI=1S/C30H30N4O6/c1-33(2)17-26(35)34(3)21-9-7-20(8-10-21)31-28(18-6-12-24-25(16-18)40-14-13-39-24)27-22-11-5-19(30(37)38-4)15-23(22)32-29(27)36/h5-12,15-16,27H,13-14,17H2,1-4H3,(H,32,36). The predicted molar refractivity (Wildman–Crippen MR) is 151 cm³/mol. The summed E-state index contributed by atoms with van der Waals surface area (Å²) < 4.78 is 16.3. The molecule has 0 saturated heterocycles. The minimum absolute atomic E-state index is 0.0382. The highest BCUT2D eigenvalue weighted by atomic mass is 16.6. The topological polar surface area (TPSA) is 110 Å². The van der Waals surface area contributed by atoms with E-state index in [4.69, 9.17) is 19.2 Å². The molecule has 2 aliphatic rings. The normalized spacial score (nSPS) is 15.9. The summed E-state index contributed by atoms with van der Waals surface area (Å²) in [6, 6.07) is 17.7. The highest BCUT2D eigenvalue weighted by Crippen LogP contribution is 2.39. The van der Waals surface area contributed by atoms with Crippen molar-refractivity contribution >= 4 is 40.6 Å². The first kappa shape index (κ1) is 26.9. The van der Waals surface area contributed by atoms with E-state index in [-0.39, 0.29) is 11.8 Å². The van der Waals surface area contributed by atoms with Gasteiger partial charge >= 0.3 is 5.97 Å². The molecule has 0 aromatic heterocycles. The maximum absolute atomic E-state index is 13.4. The molecule has 0 spiro atoms. The van der Waals surface area contributed by atoms with E-state index in [1.807, 2.05) is 49.3 Å². The highest BCUT2D eigenvalue weighted by Gasteiger charge is 2.36. The molecule has 2 amide bonds. The third-order valence-corrected chi connectivity index (χ3v) is 6.73. The molecule has 0 fully saturated rings. The van der Waals surface area contributed by atoms with E-state index in [2.05, 4.69) is 5.32 Å². The van der Waals surface area contributed by atoms with Crippen LogP contribution in [-0.2, 0) is 14.3 Å². The summed E-state index contributed by atoms with van der Waals surface area (Å²) in [5.74, 6) is -0.334. The number of nitrogens with zero attached hydrogens (tertiary/aromatic N) is 3. The molecular formula is C30H30N4O6. The Balaban J connectivity index is 1.55. The maximum atomic E-state index is 13.4. The minimum Gasteiger partial charge on any atom is -0.486 e. The zero-order chi connectivity index (χ0) is 28.4. The molecule has 1 unspecified atom stereocenters. The van der Waals surface area contributed by atoms with Crippen LogP contribution in [0.2, 0.25) is 0 Å². The molecule has 1 atom stereocenters. The summed E-state index contributed by atoms with van der Waals surface area (Å²) in [4.78, 5) is 46.3. The van der Waals surface area contributed by atoms with E-state index in [1.54, 1.807) is 42.3 Å². The van der Waals surface area contributed by atoms with Crippen molar-refractivity contribution in [2.45, 2.75) is 5.92 Å². The van der Waals surface area contributed by atoms with Gasteiger partial charge in [0.2, 0.25) is 11.8 Å². The van der Waals surface area contributed by atoms with Crippen LogP contribution in [-0.4, -0.2) is 76.4 Å². The minimum atomic E-state index is -0.742. The average Bonchev–Trinajstić information content (AvgIpc) is 3.29. The lowest BCUT2D eigenvalue weighted by Gasteiger charge is -2.21. The second kappa shape index (κ2) is 11.2. The fraction of sp³-hybridized carbons (Fsp3) is 0.267. The number of ether oxygens (including phenoxy) is 3. The van der Waals surface area contributed by atoms with Crippen molar-refractivity contribution in [3.63, 3.8) is 0 Å². The first-order valence-electron chi connectivity index (χ1n) is 12.8. The average molecular weight is 543 g/mol. The van der Waals surface area contributed by atoms with Crippen LogP contribution in [0.4, 0.5) is 17.1 Å². The van der Waals surface area contributed by atoms with Crippen LogP contribution in [0.5, 0.6) is 11.5 Å². The predicted octanol–water partition coefficient (Wildman–Crippen LogP) is 3.63. The smallest absolute Gasteiger partial charge is 0.337 e. The van der Waals surface area contributed by atoms with Crippen LogP contribution in [0, 0.1) is 0 Å². The van der Waals surface area contributed by atoms with Crippen molar-refractivity contribution in [2.24, 2.45) is 4.99 Å². The van der Waals surface area contributed by atoms with Crippen LogP contribution in [0.25, 0.3) is 0 Å². The molecule has 3 aromatic rings. The Morgan fingerprint density at radius 3 is 2.35 bits per heavy atom. The van der Waals surface area contributed by atoms with Gasteiger partial charge < -0.3 is 29.3 Å². The van der Waals surface area contributed by atoms with Gasteiger partial charge in [-0.1, -0.05) is 6.07 Å². The molecule has 0 saturated carbocycles. The quantitative estimate of drug-likeness (QED) is 0.359. The number of aliphatic imine (C=N–C) groups is 1. The number of likely N-dealkylation sites (N-methyl/N-ethyl adjacent to an activating group) is 2. The third-order valence-electron chi connectivity index (χ3n) is 6.73. The molecule has 0 bridgehead atoms. The molecule has 206 valence electrons. The molecule has 0 radical (unpaired) electrons. The first-order chi connectivity index (χ1) is 19.2. The van der Waals surface area contributed by atoms with Crippen molar-refractivity contribution in [3.05, 3.63) is 77.4 Å². The second-order valence-corrected chi connectivity index (χ2v) is 9.78. The van der Waals surface area contributed by atoms with Crippen LogP contribution >= 0.6 is 0 Å². The Bertz CT molecular complexity index is 1500. The van der Waals surface area contributed by atoms with E-state index in [0.29, 0.717) is 65.0 Å². The van der Waals surface area contributed by atoms with Gasteiger partial charge in [-0.2, -0.15) is 0 Å². The summed E-state index contributed by atoms with van der Waals surface area (Å²) in [6.07, 6.45) is 0. The summed E-state index contributed by atoms with van der Waals surface area (Å²) in [7, 11) is 6.73. The summed E-state index contributed by atoms with van der Waals surface area (Å²) in [5.41, 5.74) is 4.08. The van der Waals surface area contributed by atoms with Crippen LogP contribution in [0.15, 0.2) is 65.7 Å². The number of carbonyl (C=O) groups excluding carboxylic acids is 3. The van der Waals surface area contributed by atoms with Gasteiger partial charge in [0, 0.05) is 24.0 Å². The van der Waals surface area contributed by atoms with E-state index in [9.17, 15) is 14.4 Å². The van der Waals surface area contributed by atoms with Gasteiger partial charge in [-0.05, 0) is 74.3 Å². The number of hydrogen-bond acceptors (Lipinski definition) is 8.